The highest BCUT2D eigenvalue weighted by Crippen LogP contribution is 2.32. The van der Waals surface area contributed by atoms with Crippen LogP contribution in [0.5, 0.6) is 5.75 Å². The summed E-state index contributed by atoms with van der Waals surface area (Å²) < 4.78 is 30.9. The molecular weight excluding hydrogens is 444 g/mol. The Morgan fingerprint density at radius 3 is 2.33 bits per heavy atom. The van der Waals surface area contributed by atoms with E-state index in [-0.39, 0.29) is 4.90 Å². The van der Waals surface area contributed by atoms with Crippen LogP contribution >= 0.6 is 43.2 Å². The predicted octanol–water partition coefficient (Wildman–Crippen LogP) is 3.94. The molecule has 0 N–H and O–H groups in total. The molecule has 0 saturated carbocycles. The van der Waals surface area contributed by atoms with E-state index in [1.54, 1.807) is 18.2 Å². The second kappa shape index (κ2) is 6.60. The maximum Gasteiger partial charge on any atom is 0.185 e. The first kappa shape index (κ1) is 16.7. The fraction of sp³-hybridized carbons (Fsp3) is 0.154. The van der Waals surface area contributed by atoms with Gasteiger partial charge in [-0.3, -0.25) is 4.79 Å². The number of ketones is 1. The van der Waals surface area contributed by atoms with E-state index >= 15 is 0 Å². The molecule has 0 saturated heterocycles. The maximum absolute atomic E-state index is 12.2. The fourth-order valence-corrected chi connectivity index (χ4v) is 5.72. The van der Waals surface area contributed by atoms with Crippen LogP contribution in [0.1, 0.15) is 10.4 Å². The molecule has 1 aromatic carbocycles. The summed E-state index contributed by atoms with van der Waals surface area (Å²) in [7, 11) is -2.18. The Morgan fingerprint density at radius 1 is 1.24 bits per heavy atom. The number of sulfone groups is 1. The number of rotatable bonds is 5. The lowest BCUT2D eigenvalue weighted by Gasteiger charge is -2.05. The summed E-state index contributed by atoms with van der Waals surface area (Å²) in [5, 5.41) is 0. The van der Waals surface area contributed by atoms with Gasteiger partial charge >= 0.3 is 0 Å². The van der Waals surface area contributed by atoms with Crippen molar-refractivity contribution in [3.8, 4) is 5.75 Å². The molecule has 0 fully saturated rings. The molecule has 0 aliphatic rings. The van der Waals surface area contributed by atoms with Crippen LogP contribution in [-0.2, 0) is 9.84 Å². The van der Waals surface area contributed by atoms with Gasteiger partial charge in [-0.25, -0.2) is 8.42 Å². The third-order valence-electron chi connectivity index (χ3n) is 2.70. The number of hydrogen-bond acceptors (Lipinski definition) is 5. The van der Waals surface area contributed by atoms with Crippen molar-refractivity contribution >= 4 is 58.8 Å². The molecule has 4 nitrogen and oxygen atoms in total. The van der Waals surface area contributed by atoms with E-state index in [1.165, 1.54) is 30.6 Å². The highest BCUT2D eigenvalue weighted by Gasteiger charge is 2.23. The van der Waals surface area contributed by atoms with Crippen LogP contribution in [0.3, 0.4) is 0 Å². The fourth-order valence-electron chi connectivity index (χ4n) is 1.65. The topological polar surface area (TPSA) is 60.4 Å². The first-order valence-electron chi connectivity index (χ1n) is 5.68. The van der Waals surface area contributed by atoms with Crippen LogP contribution in [0.25, 0.3) is 0 Å². The Labute approximate surface area is 143 Å². The first-order valence-corrected chi connectivity index (χ1v) is 9.74. The molecule has 0 amide bonds. The van der Waals surface area contributed by atoms with Crippen molar-refractivity contribution in [1.29, 1.82) is 0 Å². The van der Waals surface area contributed by atoms with Crippen molar-refractivity contribution in [2.45, 2.75) is 4.90 Å². The van der Waals surface area contributed by atoms with Gasteiger partial charge in [0.05, 0.1) is 19.6 Å². The van der Waals surface area contributed by atoms with Gasteiger partial charge in [0.15, 0.2) is 15.6 Å². The van der Waals surface area contributed by atoms with Crippen LogP contribution in [0.15, 0.2) is 42.8 Å². The van der Waals surface area contributed by atoms with Gasteiger partial charge in [-0.05, 0) is 62.2 Å². The second-order valence-corrected chi connectivity index (χ2v) is 9.83. The Bertz CT molecular complexity index is 764. The Hall–Kier alpha value is -0.700. The van der Waals surface area contributed by atoms with Gasteiger partial charge in [0.25, 0.3) is 0 Å². The van der Waals surface area contributed by atoms with E-state index in [4.69, 9.17) is 4.74 Å². The quantitative estimate of drug-likeness (QED) is 0.643. The number of ether oxygens (including phenoxy) is 1. The second-order valence-electron chi connectivity index (χ2n) is 4.10. The molecule has 0 spiro atoms. The molecule has 1 aromatic heterocycles. The van der Waals surface area contributed by atoms with E-state index in [1.807, 2.05) is 0 Å². The van der Waals surface area contributed by atoms with Crippen LogP contribution < -0.4 is 4.74 Å². The monoisotopic (exact) mass is 452 g/mol. The summed E-state index contributed by atoms with van der Waals surface area (Å²) in [5.41, 5.74) is 0.365. The summed E-state index contributed by atoms with van der Waals surface area (Å²) in [6.45, 7) is 0. The van der Waals surface area contributed by atoms with Gasteiger partial charge in [0.2, 0.25) is 0 Å². The molecule has 2 aromatic rings. The minimum Gasteiger partial charge on any atom is -0.497 e. The number of carbonyl (C=O) groups is 1. The number of methoxy groups -OCH3 is 1. The van der Waals surface area contributed by atoms with E-state index in [9.17, 15) is 13.2 Å². The summed E-state index contributed by atoms with van der Waals surface area (Å²) in [6, 6.07) is 7.57. The molecular formula is C13H10Br2O4S2. The number of halogens is 2. The lowest BCUT2D eigenvalue weighted by atomic mass is 10.2. The minimum absolute atomic E-state index is 0.0991. The van der Waals surface area contributed by atoms with Crippen molar-refractivity contribution < 1.29 is 17.9 Å². The Balaban J connectivity index is 2.24. The lowest BCUT2D eigenvalue weighted by Crippen LogP contribution is -2.16. The van der Waals surface area contributed by atoms with Crippen LogP contribution in [0.4, 0.5) is 0 Å². The molecule has 0 aliphatic carbocycles. The number of benzene rings is 1. The smallest absolute Gasteiger partial charge is 0.185 e. The SMILES string of the molecule is COc1ccc(S(=O)(=O)CC(=O)c2cc(Br)sc2Br)cc1. The molecule has 0 bridgehead atoms. The third kappa shape index (κ3) is 3.94. The maximum atomic E-state index is 12.2. The third-order valence-corrected chi connectivity index (χ3v) is 6.67. The average molecular weight is 454 g/mol. The van der Waals surface area contributed by atoms with E-state index in [0.29, 0.717) is 15.1 Å². The number of carbonyl (C=O) groups excluding carboxylic acids is 1. The number of thiophene rings is 1. The van der Waals surface area contributed by atoms with Crippen molar-refractivity contribution in [3.05, 3.63) is 43.5 Å². The van der Waals surface area contributed by atoms with Crippen LogP contribution in [-0.4, -0.2) is 27.1 Å². The van der Waals surface area contributed by atoms with Gasteiger partial charge in [0.1, 0.15) is 11.5 Å². The predicted molar refractivity (Wildman–Crippen MR) is 89.1 cm³/mol. The normalized spacial score (nSPS) is 11.4. The molecule has 21 heavy (non-hydrogen) atoms. The molecule has 0 radical (unpaired) electrons. The summed E-state index contributed by atoms with van der Waals surface area (Å²) in [4.78, 5) is 12.2. The van der Waals surface area contributed by atoms with Crippen LogP contribution in [0, 0.1) is 0 Å². The Morgan fingerprint density at radius 2 is 1.86 bits per heavy atom. The summed E-state index contributed by atoms with van der Waals surface area (Å²) in [5.74, 6) is -0.453. The zero-order valence-corrected chi connectivity index (χ0v) is 15.6. The van der Waals surface area contributed by atoms with Gasteiger partial charge in [-0.15, -0.1) is 11.3 Å². The molecule has 0 atom stereocenters. The largest absolute Gasteiger partial charge is 0.497 e. The van der Waals surface area contributed by atoms with E-state index in [0.717, 1.165) is 3.79 Å². The Kier molecular flexibility index (Phi) is 5.24. The van der Waals surface area contributed by atoms with Crippen molar-refractivity contribution in [2.75, 3.05) is 12.9 Å². The molecule has 0 aliphatic heterocycles. The zero-order chi connectivity index (χ0) is 15.6. The summed E-state index contributed by atoms with van der Waals surface area (Å²) >= 11 is 7.85. The van der Waals surface area contributed by atoms with Gasteiger partial charge in [-0.2, -0.15) is 0 Å². The standard InChI is InChI=1S/C13H10Br2O4S2/c1-19-8-2-4-9(5-3-8)21(17,18)7-11(16)10-6-12(14)20-13(10)15/h2-6H,7H2,1H3. The molecule has 1 heterocycles. The van der Waals surface area contributed by atoms with Crippen molar-refractivity contribution in [2.24, 2.45) is 0 Å². The van der Waals surface area contributed by atoms with Crippen molar-refractivity contribution in [3.63, 3.8) is 0 Å². The first-order chi connectivity index (χ1) is 9.83. The lowest BCUT2D eigenvalue weighted by molar-refractivity contribution is 0.102. The van der Waals surface area contributed by atoms with Crippen LogP contribution in [0.2, 0.25) is 0 Å². The molecule has 8 heteroatoms. The van der Waals surface area contributed by atoms with Gasteiger partial charge in [-0.1, -0.05) is 0 Å². The number of hydrogen-bond donors (Lipinski definition) is 0. The number of Topliss-reactive ketones (excluding diaryl/α,β-unsaturated/α-hetero) is 1. The van der Waals surface area contributed by atoms with Gasteiger partial charge in [0, 0.05) is 5.56 Å². The van der Waals surface area contributed by atoms with Crippen molar-refractivity contribution in [1.82, 2.24) is 0 Å². The van der Waals surface area contributed by atoms with E-state index < -0.39 is 21.4 Å². The highest BCUT2D eigenvalue weighted by molar-refractivity contribution is 9.12. The molecule has 112 valence electrons. The molecule has 2 rings (SSSR count). The molecule has 0 unspecified atom stereocenters. The van der Waals surface area contributed by atoms with Gasteiger partial charge < -0.3 is 4.74 Å². The average Bonchev–Trinajstić information content (AvgIpc) is 2.77. The van der Waals surface area contributed by atoms with E-state index in [2.05, 4.69) is 31.9 Å². The highest BCUT2D eigenvalue weighted by atomic mass is 79.9. The summed E-state index contributed by atoms with van der Waals surface area (Å²) in [6.07, 6.45) is 0. The zero-order valence-electron chi connectivity index (χ0n) is 10.8. The minimum atomic E-state index is -3.68.